The molecule has 0 spiro atoms. The van der Waals surface area contributed by atoms with Crippen LogP contribution in [0.2, 0.25) is 0 Å². The number of hydrogen-bond acceptors (Lipinski definition) is 4. The molecule has 3 aromatic carbocycles. The third-order valence-corrected chi connectivity index (χ3v) is 7.67. The predicted octanol–water partition coefficient (Wildman–Crippen LogP) is 5.71. The van der Waals surface area contributed by atoms with Crippen molar-refractivity contribution in [2.45, 2.75) is 58.3 Å². The van der Waals surface area contributed by atoms with Gasteiger partial charge in [-0.3, -0.25) is 9.69 Å². The molecule has 0 saturated carbocycles. The van der Waals surface area contributed by atoms with Crippen molar-refractivity contribution >= 4 is 23.7 Å². The Hall–Kier alpha value is -4.33. The molecule has 0 aromatic heterocycles. The van der Waals surface area contributed by atoms with Gasteiger partial charge >= 0.3 is 12.1 Å². The Labute approximate surface area is 248 Å². The number of ether oxygens (including phenoxy) is 1. The first-order valence-corrected chi connectivity index (χ1v) is 14.7. The highest BCUT2D eigenvalue weighted by atomic mass is 16.6. The second-order valence-electron chi connectivity index (χ2n) is 12.1. The van der Waals surface area contributed by atoms with Crippen LogP contribution in [0.15, 0.2) is 84.9 Å². The SMILES string of the molecule is CC(C)(C)OC(=O)N1CCN2C(=O)N(c3ccc(CCC(=O)N(Cc4ccccc4)Cc4ccccc4)cc3)C[C@@H]2C1. The first-order chi connectivity index (χ1) is 20.2. The van der Waals surface area contributed by atoms with Gasteiger partial charge in [0.1, 0.15) is 5.60 Å². The van der Waals surface area contributed by atoms with Crippen molar-refractivity contribution in [3.63, 3.8) is 0 Å². The molecule has 0 bridgehead atoms. The Morgan fingerprint density at radius 3 is 1.98 bits per heavy atom. The summed E-state index contributed by atoms with van der Waals surface area (Å²) in [6, 6.07) is 27.9. The molecule has 220 valence electrons. The van der Waals surface area contributed by atoms with Gasteiger partial charge in [0.15, 0.2) is 0 Å². The van der Waals surface area contributed by atoms with E-state index in [4.69, 9.17) is 4.74 Å². The zero-order chi connectivity index (χ0) is 29.7. The maximum Gasteiger partial charge on any atom is 0.410 e. The van der Waals surface area contributed by atoms with E-state index >= 15 is 0 Å². The number of carbonyl (C=O) groups is 3. The molecule has 2 aliphatic heterocycles. The van der Waals surface area contributed by atoms with E-state index in [0.717, 1.165) is 22.4 Å². The molecular weight excluding hydrogens is 528 g/mol. The van der Waals surface area contributed by atoms with Crippen molar-refractivity contribution in [1.82, 2.24) is 14.7 Å². The molecule has 0 aliphatic carbocycles. The second-order valence-corrected chi connectivity index (χ2v) is 12.1. The Morgan fingerprint density at radius 2 is 1.40 bits per heavy atom. The van der Waals surface area contributed by atoms with Gasteiger partial charge in [-0.05, 0) is 56.0 Å². The summed E-state index contributed by atoms with van der Waals surface area (Å²) in [7, 11) is 0. The molecular formula is C34H40N4O4. The summed E-state index contributed by atoms with van der Waals surface area (Å²) in [6.07, 6.45) is 0.683. The number of urea groups is 1. The van der Waals surface area contributed by atoms with Crippen LogP contribution >= 0.6 is 0 Å². The normalized spacial score (nSPS) is 16.8. The third-order valence-electron chi connectivity index (χ3n) is 7.67. The van der Waals surface area contributed by atoms with Crippen LogP contribution in [0.4, 0.5) is 15.3 Å². The van der Waals surface area contributed by atoms with E-state index in [9.17, 15) is 14.4 Å². The molecule has 1 atom stereocenters. The maximum atomic E-state index is 13.4. The summed E-state index contributed by atoms with van der Waals surface area (Å²) in [6.45, 7) is 8.61. The molecule has 4 amide bonds. The zero-order valence-corrected chi connectivity index (χ0v) is 24.7. The van der Waals surface area contributed by atoms with Crippen molar-refractivity contribution in [2.24, 2.45) is 0 Å². The van der Waals surface area contributed by atoms with Crippen LogP contribution in [0, 0.1) is 0 Å². The summed E-state index contributed by atoms with van der Waals surface area (Å²) in [5, 5.41) is 0. The lowest BCUT2D eigenvalue weighted by molar-refractivity contribution is -0.132. The van der Waals surface area contributed by atoms with Gasteiger partial charge in [0, 0.05) is 51.4 Å². The van der Waals surface area contributed by atoms with Crippen LogP contribution < -0.4 is 4.90 Å². The number of piperazine rings is 1. The third kappa shape index (κ3) is 7.29. The van der Waals surface area contributed by atoms with Gasteiger partial charge in [-0.2, -0.15) is 0 Å². The monoisotopic (exact) mass is 568 g/mol. The molecule has 2 saturated heterocycles. The Kier molecular flexibility index (Phi) is 8.80. The average Bonchev–Trinajstić information content (AvgIpc) is 3.31. The van der Waals surface area contributed by atoms with E-state index in [2.05, 4.69) is 0 Å². The van der Waals surface area contributed by atoms with Crippen LogP contribution in [-0.4, -0.2) is 70.6 Å². The fourth-order valence-electron chi connectivity index (χ4n) is 5.51. The van der Waals surface area contributed by atoms with Crippen molar-refractivity contribution < 1.29 is 19.1 Å². The summed E-state index contributed by atoms with van der Waals surface area (Å²) < 4.78 is 5.53. The zero-order valence-electron chi connectivity index (χ0n) is 24.7. The number of carbonyl (C=O) groups excluding carboxylic acids is 3. The van der Waals surface area contributed by atoms with Crippen LogP contribution in [0.5, 0.6) is 0 Å². The molecule has 0 unspecified atom stereocenters. The van der Waals surface area contributed by atoms with E-state index < -0.39 is 5.60 Å². The summed E-state index contributed by atoms with van der Waals surface area (Å²) in [5.74, 6) is 0.105. The van der Waals surface area contributed by atoms with Crippen molar-refractivity contribution in [3.05, 3.63) is 102 Å². The van der Waals surface area contributed by atoms with Gasteiger partial charge in [0.05, 0.1) is 6.04 Å². The van der Waals surface area contributed by atoms with Gasteiger partial charge in [-0.25, -0.2) is 9.59 Å². The molecule has 0 N–H and O–H groups in total. The van der Waals surface area contributed by atoms with Gasteiger partial charge in [-0.1, -0.05) is 72.8 Å². The molecule has 2 aliphatic rings. The number of nitrogens with zero attached hydrogens (tertiary/aromatic N) is 4. The minimum absolute atomic E-state index is 0.0377. The van der Waals surface area contributed by atoms with E-state index in [1.165, 1.54) is 0 Å². The lowest BCUT2D eigenvalue weighted by atomic mass is 10.1. The number of amides is 4. The summed E-state index contributed by atoms with van der Waals surface area (Å²) >= 11 is 0. The highest BCUT2D eigenvalue weighted by molar-refractivity contribution is 5.95. The lowest BCUT2D eigenvalue weighted by Crippen LogP contribution is -2.54. The molecule has 8 nitrogen and oxygen atoms in total. The van der Waals surface area contributed by atoms with E-state index in [1.54, 1.807) is 9.80 Å². The molecule has 2 heterocycles. The van der Waals surface area contributed by atoms with Crippen LogP contribution in [0.1, 0.15) is 43.9 Å². The van der Waals surface area contributed by atoms with E-state index in [-0.39, 0.29) is 24.1 Å². The standard InChI is InChI=1S/C34H40N4O4/c1-34(2,3)42-33(41)35-20-21-37-30(24-35)25-38(32(37)40)29-17-14-26(15-18-29)16-19-31(39)36(22-27-10-6-4-7-11-27)23-28-12-8-5-9-13-28/h4-15,17-18,30H,16,19-25H2,1-3H3/t30-/m0/s1. The molecule has 8 heteroatoms. The van der Waals surface area contributed by atoms with Gasteiger partial charge < -0.3 is 19.4 Å². The fourth-order valence-corrected chi connectivity index (χ4v) is 5.51. The highest BCUT2D eigenvalue weighted by Gasteiger charge is 2.42. The first kappa shape index (κ1) is 29.2. The average molecular weight is 569 g/mol. The van der Waals surface area contributed by atoms with E-state index in [0.29, 0.717) is 52.1 Å². The molecule has 3 aromatic rings. The van der Waals surface area contributed by atoms with Crippen molar-refractivity contribution in [2.75, 3.05) is 31.1 Å². The fraction of sp³-hybridized carbons (Fsp3) is 0.382. The number of aryl methyl sites for hydroxylation is 1. The summed E-state index contributed by atoms with van der Waals surface area (Å²) in [5.41, 5.74) is 3.52. The highest BCUT2D eigenvalue weighted by Crippen LogP contribution is 2.27. The second kappa shape index (κ2) is 12.7. The van der Waals surface area contributed by atoms with Gasteiger partial charge in [0.25, 0.3) is 0 Å². The van der Waals surface area contributed by atoms with Crippen LogP contribution in [0.25, 0.3) is 0 Å². The number of rotatable bonds is 8. The summed E-state index contributed by atoms with van der Waals surface area (Å²) in [4.78, 5) is 46.4. The first-order valence-electron chi connectivity index (χ1n) is 14.7. The smallest absolute Gasteiger partial charge is 0.410 e. The maximum absolute atomic E-state index is 13.4. The molecule has 2 fully saturated rings. The minimum atomic E-state index is -0.555. The molecule has 42 heavy (non-hydrogen) atoms. The van der Waals surface area contributed by atoms with Crippen LogP contribution in [-0.2, 0) is 29.0 Å². The predicted molar refractivity (Wildman–Crippen MR) is 163 cm³/mol. The Bertz CT molecular complexity index is 1330. The number of hydrogen-bond donors (Lipinski definition) is 0. The number of anilines is 1. The molecule has 5 rings (SSSR count). The Balaban J connectivity index is 1.18. The van der Waals surface area contributed by atoms with Gasteiger partial charge in [-0.15, -0.1) is 0 Å². The van der Waals surface area contributed by atoms with Crippen LogP contribution in [0.3, 0.4) is 0 Å². The van der Waals surface area contributed by atoms with Crippen molar-refractivity contribution in [3.8, 4) is 0 Å². The van der Waals surface area contributed by atoms with Gasteiger partial charge in [0.2, 0.25) is 5.91 Å². The molecule has 0 radical (unpaired) electrons. The minimum Gasteiger partial charge on any atom is -0.444 e. The van der Waals surface area contributed by atoms with Crippen molar-refractivity contribution in [1.29, 1.82) is 0 Å². The largest absolute Gasteiger partial charge is 0.444 e. The Morgan fingerprint density at radius 1 is 0.810 bits per heavy atom. The van der Waals surface area contributed by atoms with E-state index in [1.807, 2.05) is 116 Å². The number of fused-ring (bicyclic) bond motifs is 1. The quantitative estimate of drug-likeness (QED) is 0.349. The lowest BCUT2D eigenvalue weighted by Gasteiger charge is -2.36. The number of benzene rings is 3. The topological polar surface area (TPSA) is 73.4 Å².